The van der Waals surface area contributed by atoms with Crippen LogP contribution in [0.2, 0.25) is 0 Å². The summed E-state index contributed by atoms with van der Waals surface area (Å²) < 4.78 is 0. The average molecular weight is 278 g/mol. The Hall–Kier alpha value is -0.670. The van der Waals surface area contributed by atoms with E-state index in [1.165, 1.54) is 17.0 Å². The predicted octanol–water partition coefficient (Wildman–Crippen LogP) is 3.51. The zero-order valence-corrected chi connectivity index (χ0v) is 13.3. The SMILES string of the molecule is CC(C)NCc1ccccc1N1CCSC(C)C1C. The van der Waals surface area contributed by atoms with Crippen LogP contribution in [0.5, 0.6) is 0 Å². The Morgan fingerprint density at radius 2 is 2.05 bits per heavy atom. The maximum absolute atomic E-state index is 3.54. The molecule has 2 nitrogen and oxygen atoms in total. The maximum Gasteiger partial charge on any atom is 0.0414 e. The average Bonchev–Trinajstić information content (AvgIpc) is 2.40. The Labute approximate surface area is 122 Å². The third-order valence-corrected chi connectivity index (χ3v) is 5.22. The van der Waals surface area contributed by atoms with Crippen LogP contribution in [0.15, 0.2) is 24.3 Å². The van der Waals surface area contributed by atoms with E-state index in [9.17, 15) is 0 Å². The van der Waals surface area contributed by atoms with Crippen molar-refractivity contribution in [3.63, 3.8) is 0 Å². The van der Waals surface area contributed by atoms with Gasteiger partial charge in [0, 0.05) is 41.9 Å². The fourth-order valence-electron chi connectivity index (χ4n) is 2.53. The minimum absolute atomic E-state index is 0.529. The summed E-state index contributed by atoms with van der Waals surface area (Å²) in [5.74, 6) is 1.23. The van der Waals surface area contributed by atoms with E-state index in [-0.39, 0.29) is 0 Å². The number of thioether (sulfide) groups is 1. The van der Waals surface area contributed by atoms with Gasteiger partial charge in [-0.25, -0.2) is 0 Å². The highest BCUT2D eigenvalue weighted by Crippen LogP contribution is 2.31. The first-order chi connectivity index (χ1) is 9.09. The van der Waals surface area contributed by atoms with Gasteiger partial charge in [-0.15, -0.1) is 0 Å². The molecule has 1 saturated heterocycles. The third kappa shape index (κ3) is 3.67. The molecule has 0 aromatic heterocycles. The summed E-state index contributed by atoms with van der Waals surface area (Å²) >= 11 is 2.09. The Bertz CT molecular complexity index is 405. The van der Waals surface area contributed by atoms with Crippen molar-refractivity contribution in [3.8, 4) is 0 Å². The largest absolute Gasteiger partial charge is 0.367 e. The van der Waals surface area contributed by atoms with Crippen LogP contribution in [0.4, 0.5) is 5.69 Å². The van der Waals surface area contributed by atoms with Gasteiger partial charge in [-0.2, -0.15) is 11.8 Å². The van der Waals surface area contributed by atoms with E-state index in [1.54, 1.807) is 0 Å². The normalized spacial score (nSPS) is 23.9. The summed E-state index contributed by atoms with van der Waals surface area (Å²) in [5, 5.41) is 4.24. The molecule has 1 aliphatic rings. The Morgan fingerprint density at radius 3 is 2.79 bits per heavy atom. The van der Waals surface area contributed by atoms with E-state index < -0.39 is 0 Å². The molecule has 0 saturated carbocycles. The first-order valence-electron chi connectivity index (χ1n) is 7.29. The Balaban J connectivity index is 2.18. The zero-order chi connectivity index (χ0) is 13.8. The Kier molecular flexibility index (Phi) is 5.17. The number of nitrogens with zero attached hydrogens (tertiary/aromatic N) is 1. The van der Waals surface area contributed by atoms with Crippen molar-refractivity contribution < 1.29 is 0 Å². The molecule has 3 heteroatoms. The molecule has 1 N–H and O–H groups in total. The van der Waals surface area contributed by atoms with Gasteiger partial charge in [0.2, 0.25) is 0 Å². The highest BCUT2D eigenvalue weighted by molar-refractivity contribution is 8.00. The second-order valence-corrected chi connectivity index (χ2v) is 7.16. The van der Waals surface area contributed by atoms with E-state index in [4.69, 9.17) is 0 Å². The first kappa shape index (κ1) is 14.7. The van der Waals surface area contributed by atoms with Crippen LogP contribution in [-0.2, 0) is 6.54 Å². The second kappa shape index (κ2) is 6.67. The smallest absolute Gasteiger partial charge is 0.0414 e. The van der Waals surface area contributed by atoms with E-state index >= 15 is 0 Å². The molecule has 0 bridgehead atoms. The number of benzene rings is 1. The summed E-state index contributed by atoms with van der Waals surface area (Å²) in [7, 11) is 0. The quantitative estimate of drug-likeness (QED) is 0.907. The first-order valence-corrected chi connectivity index (χ1v) is 8.34. The lowest BCUT2D eigenvalue weighted by molar-refractivity contribution is 0.581. The molecule has 1 aromatic rings. The molecule has 0 amide bonds. The van der Waals surface area contributed by atoms with Crippen LogP contribution >= 0.6 is 11.8 Å². The molecular weight excluding hydrogens is 252 g/mol. The molecule has 2 atom stereocenters. The topological polar surface area (TPSA) is 15.3 Å². The van der Waals surface area contributed by atoms with Crippen molar-refractivity contribution in [2.24, 2.45) is 0 Å². The van der Waals surface area contributed by atoms with E-state index in [1.807, 2.05) is 0 Å². The van der Waals surface area contributed by atoms with Gasteiger partial charge in [0.1, 0.15) is 0 Å². The van der Waals surface area contributed by atoms with Gasteiger partial charge in [-0.05, 0) is 18.6 Å². The van der Waals surface area contributed by atoms with Crippen LogP contribution in [-0.4, -0.2) is 29.6 Å². The van der Waals surface area contributed by atoms with Crippen LogP contribution in [0.25, 0.3) is 0 Å². The van der Waals surface area contributed by atoms with Gasteiger partial charge in [0.25, 0.3) is 0 Å². The number of anilines is 1. The molecule has 19 heavy (non-hydrogen) atoms. The van der Waals surface area contributed by atoms with Crippen molar-refractivity contribution in [3.05, 3.63) is 29.8 Å². The highest BCUT2D eigenvalue weighted by Gasteiger charge is 2.26. The zero-order valence-electron chi connectivity index (χ0n) is 12.5. The van der Waals surface area contributed by atoms with Gasteiger partial charge < -0.3 is 10.2 Å². The van der Waals surface area contributed by atoms with Crippen molar-refractivity contribution in [2.45, 2.75) is 51.6 Å². The van der Waals surface area contributed by atoms with Gasteiger partial charge in [0.05, 0.1) is 0 Å². The third-order valence-electron chi connectivity index (χ3n) is 3.89. The van der Waals surface area contributed by atoms with E-state index in [0.717, 1.165) is 13.1 Å². The highest BCUT2D eigenvalue weighted by atomic mass is 32.2. The summed E-state index contributed by atoms with van der Waals surface area (Å²) in [4.78, 5) is 2.58. The van der Waals surface area contributed by atoms with Crippen LogP contribution in [0.3, 0.4) is 0 Å². The van der Waals surface area contributed by atoms with Crippen molar-refractivity contribution in [1.29, 1.82) is 0 Å². The summed E-state index contributed by atoms with van der Waals surface area (Å²) in [5.41, 5.74) is 2.83. The van der Waals surface area contributed by atoms with Crippen LogP contribution in [0.1, 0.15) is 33.3 Å². The van der Waals surface area contributed by atoms with Gasteiger partial charge in [-0.3, -0.25) is 0 Å². The maximum atomic E-state index is 3.54. The van der Waals surface area contributed by atoms with E-state index in [0.29, 0.717) is 17.3 Å². The molecule has 2 rings (SSSR count). The molecule has 1 fully saturated rings. The molecular formula is C16H26N2S. The number of hydrogen-bond acceptors (Lipinski definition) is 3. The lowest BCUT2D eigenvalue weighted by Gasteiger charge is -2.40. The number of nitrogens with one attached hydrogen (secondary N) is 1. The van der Waals surface area contributed by atoms with Crippen molar-refractivity contribution in [1.82, 2.24) is 5.32 Å². The molecule has 1 aromatic carbocycles. The van der Waals surface area contributed by atoms with Gasteiger partial charge >= 0.3 is 0 Å². The summed E-state index contributed by atoms with van der Waals surface area (Å²) in [6, 6.07) is 9.97. The minimum atomic E-state index is 0.529. The van der Waals surface area contributed by atoms with Crippen molar-refractivity contribution in [2.75, 3.05) is 17.2 Å². The van der Waals surface area contributed by atoms with E-state index in [2.05, 4.69) is 73.9 Å². The molecule has 0 aliphatic carbocycles. The molecule has 106 valence electrons. The molecule has 2 unspecified atom stereocenters. The van der Waals surface area contributed by atoms with Crippen LogP contribution < -0.4 is 10.2 Å². The number of rotatable bonds is 4. The molecule has 0 radical (unpaired) electrons. The number of hydrogen-bond donors (Lipinski definition) is 1. The standard InChI is InChI=1S/C16H26N2S/c1-12(2)17-11-15-7-5-6-8-16(15)18-9-10-19-14(4)13(18)3/h5-8,12-14,17H,9-11H2,1-4H3. The van der Waals surface area contributed by atoms with Crippen LogP contribution in [0, 0.1) is 0 Å². The number of para-hydroxylation sites is 1. The van der Waals surface area contributed by atoms with Gasteiger partial charge in [0.15, 0.2) is 0 Å². The summed E-state index contributed by atoms with van der Waals surface area (Å²) in [6.45, 7) is 11.2. The second-order valence-electron chi connectivity index (χ2n) is 5.67. The predicted molar refractivity (Wildman–Crippen MR) is 87.1 cm³/mol. The van der Waals surface area contributed by atoms with Crippen molar-refractivity contribution >= 4 is 17.4 Å². The summed E-state index contributed by atoms with van der Waals surface area (Å²) in [6.07, 6.45) is 0. The Morgan fingerprint density at radius 1 is 1.32 bits per heavy atom. The lowest BCUT2D eigenvalue weighted by Crippen LogP contribution is -2.45. The molecule has 0 spiro atoms. The lowest BCUT2D eigenvalue weighted by atomic mass is 10.1. The molecule has 1 aliphatic heterocycles. The fourth-order valence-corrected chi connectivity index (χ4v) is 3.63. The monoisotopic (exact) mass is 278 g/mol. The minimum Gasteiger partial charge on any atom is -0.367 e. The van der Waals surface area contributed by atoms with Gasteiger partial charge in [-0.1, -0.05) is 39.0 Å². The molecule has 1 heterocycles. The fraction of sp³-hybridized carbons (Fsp3) is 0.625.